The highest BCUT2D eigenvalue weighted by molar-refractivity contribution is 7.88. The van der Waals surface area contributed by atoms with Gasteiger partial charge in [-0.2, -0.15) is 0 Å². The van der Waals surface area contributed by atoms with Crippen LogP contribution in [0.2, 0.25) is 0 Å². The summed E-state index contributed by atoms with van der Waals surface area (Å²) in [5.41, 5.74) is 2.21. The van der Waals surface area contributed by atoms with Crippen molar-refractivity contribution in [3.05, 3.63) is 57.8 Å². The fraction of sp³-hybridized carbons (Fsp3) is 0.235. The molecule has 0 aliphatic carbocycles. The number of benzene rings is 1. The lowest BCUT2D eigenvalue weighted by molar-refractivity contribution is -0.130. The van der Waals surface area contributed by atoms with Gasteiger partial charge in [0.2, 0.25) is 15.9 Å². The van der Waals surface area contributed by atoms with Crippen molar-refractivity contribution in [3.63, 3.8) is 0 Å². The fourth-order valence-corrected chi connectivity index (χ4v) is 3.47. The first-order valence-electron chi connectivity index (χ1n) is 8.33. The average Bonchev–Trinajstić information content (AvgIpc) is 3.24. The van der Waals surface area contributed by atoms with Gasteiger partial charge < -0.3 is 4.90 Å². The molecule has 2 aromatic heterocycles. The molecule has 0 unspecified atom stereocenters. The molecule has 0 saturated heterocycles. The topological polar surface area (TPSA) is 117 Å². The molecule has 0 radical (unpaired) electrons. The second kappa shape index (κ2) is 6.53. The molecule has 1 amide bonds. The van der Waals surface area contributed by atoms with Crippen molar-refractivity contribution < 1.29 is 17.6 Å². The number of carbonyl (C=O) groups excluding carboxylic acids is 1. The predicted molar refractivity (Wildman–Crippen MR) is 98.3 cm³/mol. The van der Waals surface area contributed by atoms with Crippen LogP contribution in [0.3, 0.4) is 0 Å². The summed E-state index contributed by atoms with van der Waals surface area (Å²) in [6, 6.07) is 7.50. The highest BCUT2D eigenvalue weighted by atomic mass is 32.2. The molecule has 0 bridgehead atoms. The van der Waals surface area contributed by atoms with Gasteiger partial charge in [0.1, 0.15) is 5.82 Å². The predicted octanol–water partition coefficient (Wildman–Crippen LogP) is 0.220. The summed E-state index contributed by atoms with van der Waals surface area (Å²) >= 11 is 0. The zero-order valence-corrected chi connectivity index (χ0v) is 15.6. The van der Waals surface area contributed by atoms with Crippen LogP contribution in [-0.4, -0.2) is 46.6 Å². The summed E-state index contributed by atoms with van der Waals surface area (Å²) in [5, 5.41) is 2.94. The SMILES string of the molecule is CS(=O)(=O)NCC(=O)N1Cc2nc3cc(-c4ccc(F)cc4)[nH]n3c(=O)c2C1. The molecule has 0 saturated carbocycles. The fourth-order valence-electron chi connectivity index (χ4n) is 3.08. The quantitative estimate of drug-likeness (QED) is 0.644. The van der Waals surface area contributed by atoms with Crippen LogP contribution in [0.15, 0.2) is 35.1 Å². The second-order valence-corrected chi connectivity index (χ2v) is 8.39. The normalized spacial score (nSPS) is 13.9. The maximum Gasteiger partial charge on any atom is 0.278 e. The van der Waals surface area contributed by atoms with E-state index in [1.54, 1.807) is 18.2 Å². The first kappa shape index (κ1) is 18.3. The highest BCUT2D eigenvalue weighted by Crippen LogP contribution is 2.22. The molecule has 3 aromatic rings. The third-order valence-electron chi connectivity index (χ3n) is 4.48. The lowest BCUT2D eigenvalue weighted by Gasteiger charge is -2.14. The molecule has 3 heterocycles. The van der Waals surface area contributed by atoms with Gasteiger partial charge in [-0.1, -0.05) is 0 Å². The smallest absolute Gasteiger partial charge is 0.278 e. The third-order valence-corrected chi connectivity index (χ3v) is 5.15. The van der Waals surface area contributed by atoms with Crippen molar-refractivity contribution in [1.29, 1.82) is 0 Å². The molecule has 1 aliphatic rings. The van der Waals surface area contributed by atoms with E-state index in [0.717, 1.165) is 6.26 Å². The monoisotopic (exact) mass is 405 g/mol. The Balaban J connectivity index is 1.62. The number of carbonyl (C=O) groups is 1. The number of H-pyrrole nitrogens is 1. The molecular weight excluding hydrogens is 389 g/mol. The number of halogens is 1. The summed E-state index contributed by atoms with van der Waals surface area (Å²) in [7, 11) is -3.49. The van der Waals surface area contributed by atoms with Gasteiger partial charge in [0, 0.05) is 6.07 Å². The molecule has 1 aromatic carbocycles. The van der Waals surface area contributed by atoms with Crippen molar-refractivity contribution in [3.8, 4) is 11.3 Å². The molecule has 2 N–H and O–H groups in total. The van der Waals surface area contributed by atoms with Crippen molar-refractivity contribution in [2.24, 2.45) is 0 Å². The Morgan fingerprint density at radius 2 is 2.00 bits per heavy atom. The van der Waals surface area contributed by atoms with Crippen LogP contribution in [0, 0.1) is 5.82 Å². The van der Waals surface area contributed by atoms with E-state index in [1.807, 2.05) is 0 Å². The first-order chi connectivity index (χ1) is 13.2. The molecule has 4 rings (SSSR count). The minimum absolute atomic E-state index is 0.0548. The molecule has 1 aliphatic heterocycles. The lowest BCUT2D eigenvalue weighted by Crippen LogP contribution is -2.37. The summed E-state index contributed by atoms with van der Waals surface area (Å²) in [6.45, 7) is -0.192. The Labute approximate surface area is 158 Å². The molecule has 28 heavy (non-hydrogen) atoms. The van der Waals surface area contributed by atoms with Gasteiger partial charge in [-0.25, -0.2) is 27.0 Å². The highest BCUT2D eigenvalue weighted by Gasteiger charge is 2.28. The minimum atomic E-state index is -3.49. The number of nitrogens with zero attached hydrogens (tertiary/aromatic N) is 3. The van der Waals surface area contributed by atoms with E-state index in [4.69, 9.17) is 0 Å². The lowest BCUT2D eigenvalue weighted by atomic mass is 10.1. The maximum atomic E-state index is 13.1. The number of aromatic amines is 1. The minimum Gasteiger partial charge on any atom is -0.331 e. The molecule has 11 heteroatoms. The number of fused-ring (bicyclic) bond motifs is 2. The van der Waals surface area contributed by atoms with E-state index < -0.39 is 15.9 Å². The zero-order chi connectivity index (χ0) is 20.1. The summed E-state index contributed by atoms with van der Waals surface area (Å²) in [6.07, 6.45) is 0.966. The number of hydrogen-bond donors (Lipinski definition) is 2. The Morgan fingerprint density at radius 1 is 1.29 bits per heavy atom. The van der Waals surface area contributed by atoms with E-state index in [1.165, 1.54) is 21.5 Å². The van der Waals surface area contributed by atoms with Gasteiger partial charge in [-0.3, -0.25) is 14.7 Å². The van der Waals surface area contributed by atoms with Crippen molar-refractivity contribution in [2.45, 2.75) is 13.1 Å². The average molecular weight is 405 g/mol. The summed E-state index contributed by atoms with van der Waals surface area (Å²) < 4.78 is 38.8. The van der Waals surface area contributed by atoms with E-state index in [0.29, 0.717) is 28.2 Å². The van der Waals surface area contributed by atoms with E-state index >= 15 is 0 Å². The standard InChI is InChI=1S/C17H16FN5O4S/c1-28(26,27)19-7-16(24)22-8-12-14(9-22)20-15-6-13(21-23(15)17(12)25)10-2-4-11(18)5-3-10/h2-6,19,21H,7-9H2,1H3. The molecule has 146 valence electrons. The van der Waals surface area contributed by atoms with E-state index in [2.05, 4.69) is 14.8 Å². The van der Waals surface area contributed by atoms with Crippen LogP contribution in [0.4, 0.5) is 4.39 Å². The number of amides is 1. The van der Waals surface area contributed by atoms with Gasteiger partial charge in [0.15, 0.2) is 5.65 Å². The van der Waals surface area contributed by atoms with Gasteiger partial charge in [-0.15, -0.1) is 0 Å². The number of rotatable bonds is 4. The van der Waals surface area contributed by atoms with Crippen LogP contribution in [-0.2, 0) is 27.9 Å². The zero-order valence-electron chi connectivity index (χ0n) is 14.8. The van der Waals surface area contributed by atoms with Gasteiger partial charge >= 0.3 is 0 Å². The summed E-state index contributed by atoms with van der Waals surface area (Å²) in [4.78, 5) is 30.8. The second-order valence-electron chi connectivity index (χ2n) is 6.56. The summed E-state index contributed by atoms with van der Waals surface area (Å²) in [5.74, 6) is -0.798. The molecule has 0 spiro atoms. The van der Waals surface area contributed by atoms with E-state index in [9.17, 15) is 22.4 Å². The van der Waals surface area contributed by atoms with Crippen LogP contribution >= 0.6 is 0 Å². The van der Waals surface area contributed by atoms with Gasteiger partial charge in [-0.05, 0) is 29.8 Å². The van der Waals surface area contributed by atoms with Crippen LogP contribution in [0.1, 0.15) is 11.3 Å². The van der Waals surface area contributed by atoms with Crippen molar-refractivity contribution in [2.75, 3.05) is 12.8 Å². The molecule has 9 nitrogen and oxygen atoms in total. The third kappa shape index (κ3) is 3.41. The largest absolute Gasteiger partial charge is 0.331 e. The van der Waals surface area contributed by atoms with Crippen molar-refractivity contribution >= 4 is 21.6 Å². The van der Waals surface area contributed by atoms with Gasteiger partial charge in [0.05, 0.1) is 42.8 Å². The first-order valence-corrected chi connectivity index (χ1v) is 10.2. The van der Waals surface area contributed by atoms with Crippen LogP contribution < -0.4 is 10.3 Å². The Kier molecular flexibility index (Phi) is 4.27. The molecule has 0 atom stereocenters. The molecule has 0 fully saturated rings. The number of sulfonamides is 1. The van der Waals surface area contributed by atoms with E-state index in [-0.39, 0.29) is 31.0 Å². The number of aromatic nitrogens is 3. The maximum absolute atomic E-state index is 13.1. The van der Waals surface area contributed by atoms with Gasteiger partial charge in [0.25, 0.3) is 5.56 Å². The van der Waals surface area contributed by atoms with Crippen LogP contribution in [0.25, 0.3) is 16.9 Å². The Hall–Kier alpha value is -3.05. The Morgan fingerprint density at radius 3 is 2.68 bits per heavy atom. The number of nitrogens with one attached hydrogen (secondary N) is 2. The van der Waals surface area contributed by atoms with Crippen molar-refractivity contribution in [1.82, 2.24) is 24.2 Å². The van der Waals surface area contributed by atoms with Crippen LogP contribution in [0.5, 0.6) is 0 Å². The molecular formula is C17H16FN5O4S. The Bertz CT molecular complexity index is 1250. The number of hydrogen-bond acceptors (Lipinski definition) is 5.